The zero-order chi connectivity index (χ0) is 20.5. The van der Waals surface area contributed by atoms with Crippen molar-refractivity contribution in [2.24, 2.45) is 0 Å². The lowest BCUT2D eigenvalue weighted by atomic mass is 10.0. The van der Waals surface area contributed by atoms with Gasteiger partial charge in [0.05, 0.1) is 10.6 Å². The minimum Gasteiger partial charge on any atom is -0.311 e. The van der Waals surface area contributed by atoms with Crippen LogP contribution in [0.15, 0.2) is 46.2 Å². The molecule has 1 heterocycles. The molecule has 0 fully saturated rings. The van der Waals surface area contributed by atoms with Crippen molar-refractivity contribution in [2.75, 3.05) is 31.3 Å². The lowest BCUT2D eigenvalue weighted by Crippen LogP contribution is -2.36. The van der Waals surface area contributed by atoms with E-state index in [9.17, 15) is 13.2 Å². The van der Waals surface area contributed by atoms with Gasteiger partial charge in [-0.15, -0.1) is 11.8 Å². The Morgan fingerprint density at radius 1 is 1.14 bits per heavy atom. The normalized spacial score (nSPS) is 14.2. The number of carbonyl (C=O) groups is 1. The van der Waals surface area contributed by atoms with Gasteiger partial charge in [-0.05, 0) is 62.1 Å². The number of hydrogen-bond donors (Lipinski definition) is 0. The molecule has 1 aliphatic heterocycles. The number of carbonyl (C=O) groups excluding carboxylic acids is 1. The molecule has 0 aromatic heterocycles. The Hall–Kier alpha value is -1.83. The van der Waals surface area contributed by atoms with Crippen LogP contribution in [0.5, 0.6) is 0 Å². The van der Waals surface area contributed by atoms with E-state index >= 15 is 0 Å². The molecule has 3 rings (SSSR count). The summed E-state index contributed by atoms with van der Waals surface area (Å²) >= 11 is 1.55. The summed E-state index contributed by atoms with van der Waals surface area (Å²) in [6.45, 7) is 4.78. The standard InChI is InChI=1S/C21H26N2O3S2/c1-15-7-10-20(16(2)12-15)27-14-21(24)23-11-5-6-17-13-18(8-9-19(17)23)28(25,26)22(3)4/h7-10,12-13H,5-6,11,14H2,1-4H3. The van der Waals surface area contributed by atoms with Gasteiger partial charge in [0.25, 0.3) is 0 Å². The number of fused-ring (bicyclic) bond motifs is 1. The number of nitrogens with zero attached hydrogens (tertiary/aromatic N) is 2. The highest BCUT2D eigenvalue weighted by atomic mass is 32.2. The predicted molar refractivity (Wildman–Crippen MR) is 115 cm³/mol. The van der Waals surface area contributed by atoms with Crippen molar-refractivity contribution in [3.63, 3.8) is 0 Å². The minimum atomic E-state index is -3.48. The van der Waals surface area contributed by atoms with Crippen LogP contribution in [0.3, 0.4) is 0 Å². The zero-order valence-corrected chi connectivity index (χ0v) is 18.4. The third-order valence-corrected chi connectivity index (χ3v) is 7.90. The van der Waals surface area contributed by atoms with Gasteiger partial charge < -0.3 is 4.90 Å². The maximum Gasteiger partial charge on any atom is 0.242 e. The Labute approximate surface area is 171 Å². The number of amides is 1. The SMILES string of the molecule is Cc1ccc(SCC(=O)N2CCCc3cc(S(=O)(=O)N(C)C)ccc32)c(C)c1. The second-order valence-electron chi connectivity index (χ2n) is 7.28. The second kappa shape index (κ2) is 8.27. The smallest absolute Gasteiger partial charge is 0.242 e. The highest BCUT2D eigenvalue weighted by Crippen LogP contribution is 2.31. The molecule has 2 aromatic rings. The molecule has 150 valence electrons. The molecule has 1 aliphatic rings. The number of sulfonamides is 1. The molecule has 0 saturated carbocycles. The summed E-state index contributed by atoms with van der Waals surface area (Å²) in [7, 11) is -0.431. The van der Waals surface area contributed by atoms with Crippen molar-refractivity contribution in [2.45, 2.75) is 36.5 Å². The van der Waals surface area contributed by atoms with Crippen LogP contribution in [0.25, 0.3) is 0 Å². The average Bonchev–Trinajstić information content (AvgIpc) is 2.66. The Morgan fingerprint density at radius 3 is 2.57 bits per heavy atom. The molecule has 0 bridgehead atoms. The zero-order valence-electron chi connectivity index (χ0n) is 16.7. The molecule has 0 spiro atoms. The fourth-order valence-corrected chi connectivity index (χ4v) is 5.22. The number of thioether (sulfide) groups is 1. The Bertz CT molecular complexity index is 1000. The maximum absolute atomic E-state index is 12.9. The average molecular weight is 419 g/mol. The molecule has 0 radical (unpaired) electrons. The van der Waals surface area contributed by atoms with Crippen molar-refractivity contribution < 1.29 is 13.2 Å². The van der Waals surface area contributed by atoms with Crippen LogP contribution in [0.4, 0.5) is 5.69 Å². The molecule has 0 unspecified atom stereocenters. The predicted octanol–water partition coefficient (Wildman–Crippen LogP) is 3.63. The quantitative estimate of drug-likeness (QED) is 0.696. The van der Waals surface area contributed by atoms with Gasteiger partial charge >= 0.3 is 0 Å². The van der Waals surface area contributed by atoms with Crippen molar-refractivity contribution >= 4 is 33.4 Å². The molecule has 0 N–H and O–H groups in total. The van der Waals surface area contributed by atoms with Gasteiger partial charge in [-0.2, -0.15) is 0 Å². The minimum absolute atomic E-state index is 0.0501. The van der Waals surface area contributed by atoms with Crippen molar-refractivity contribution in [1.29, 1.82) is 0 Å². The monoisotopic (exact) mass is 418 g/mol. The van der Waals surface area contributed by atoms with E-state index in [0.717, 1.165) is 29.0 Å². The first-order valence-corrected chi connectivity index (χ1v) is 11.7. The van der Waals surface area contributed by atoms with Crippen molar-refractivity contribution in [3.05, 3.63) is 53.1 Å². The van der Waals surface area contributed by atoms with Gasteiger partial charge in [-0.3, -0.25) is 4.79 Å². The second-order valence-corrected chi connectivity index (χ2v) is 10.5. The first-order valence-electron chi connectivity index (χ1n) is 9.26. The fraction of sp³-hybridized carbons (Fsp3) is 0.381. The van der Waals surface area contributed by atoms with Crippen molar-refractivity contribution in [3.8, 4) is 0 Å². The number of hydrogen-bond acceptors (Lipinski definition) is 4. The summed E-state index contributed by atoms with van der Waals surface area (Å²) in [5, 5.41) is 0. The van der Waals surface area contributed by atoms with Crippen LogP contribution in [0.2, 0.25) is 0 Å². The van der Waals surface area contributed by atoms with E-state index in [1.165, 1.54) is 29.5 Å². The Morgan fingerprint density at radius 2 is 1.89 bits per heavy atom. The summed E-state index contributed by atoms with van der Waals surface area (Å²) in [5.41, 5.74) is 4.13. The molecule has 0 atom stereocenters. The summed E-state index contributed by atoms with van der Waals surface area (Å²) in [5.74, 6) is 0.412. The van der Waals surface area contributed by atoms with E-state index in [-0.39, 0.29) is 10.8 Å². The largest absolute Gasteiger partial charge is 0.311 e. The van der Waals surface area contributed by atoms with Gasteiger partial charge in [0.15, 0.2) is 0 Å². The van der Waals surface area contributed by atoms with Crippen LogP contribution < -0.4 is 4.90 Å². The van der Waals surface area contributed by atoms with Crippen LogP contribution >= 0.6 is 11.8 Å². The highest BCUT2D eigenvalue weighted by molar-refractivity contribution is 8.00. The summed E-state index contributed by atoms with van der Waals surface area (Å²) in [6.07, 6.45) is 1.61. The Balaban J connectivity index is 1.79. The molecular formula is C21H26N2O3S2. The van der Waals surface area contributed by atoms with Gasteiger partial charge in [0, 0.05) is 31.2 Å². The van der Waals surface area contributed by atoms with Gasteiger partial charge in [0.2, 0.25) is 15.9 Å². The summed E-state index contributed by atoms with van der Waals surface area (Å²) < 4.78 is 26.0. The third-order valence-electron chi connectivity index (χ3n) is 4.93. The van der Waals surface area contributed by atoms with E-state index in [0.29, 0.717) is 12.3 Å². The van der Waals surface area contributed by atoms with E-state index in [1.807, 2.05) is 0 Å². The number of anilines is 1. The van der Waals surface area contributed by atoms with Gasteiger partial charge in [-0.25, -0.2) is 12.7 Å². The Kier molecular flexibility index (Phi) is 6.17. The number of aryl methyl sites for hydroxylation is 3. The van der Waals surface area contributed by atoms with E-state index in [2.05, 4.69) is 32.0 Å². The van der Waals surface area contributed by atoms with Crippen molar-refractivity contribution in [1.82, 2.24) is 4.31 Å². The van der Waals surface area contributed by atoms with E-state index < -0.39 is 10.0 Å². The molecule has 0 aliphatic carbocycles. The molecule has 28 heavy (non-hydrogen) atoms. The number of rotatable bonds is 5. The summed E-state index contributed by atoms with van der Waals surface area (Å²) in [6, 6.07) is 11.3. The third kappa shape index (κ3) is 4.26. The van der Waals surface area contributed by atoms with E-state index in [1.54, 1.807) is 34.9 Å². The maximum atomic E-state index is 12.9. The molecule has 1 amide bonds. The van der Waals surface area contributed by atoms with Crippen LogP contribution in [0.1, 0.15) is 23.1 Å². The van der Waals surface area contributed by atoms with Gasteiger partial charge in [0.1, 0.15) is 0 Å². The fourth-order valence-electron chi connectivity index (χ4n) is 3.38. The lowest BCUT2D eigenvalue weighted by Gasteiger charge is -2.30. The highest BCUT2D eigenvalue weighted by Gasteiger charge is 2.25. The lowest BCUT2D eigenvalue weighted by molar-refractivity contribution is -0.116. The molecule has 0 saturated heterocycles. The number of benzene rings is 2. The van der Waals surface area contributed by atoms with Crippen LogP contribution in [-0.2, 0) is 21.2 Å². The molecule has 2 aromatic carbocycles. The van der Waals surface area contributed by atoms with Gasteiger partial charge in [-0.1, -0.05) is 17.7 Å². The summed E-state index contributed by atoms with van der Waals surface area (Å²) in [4.78, 5) is 16.1. The topological polar surface area (TPSA) is 57.7 Å². The van der Waals surface area contributed by atoms with Crippen LogP contribution in [0, 0.1) is 13.8 Å². The molecule has 7 heteroatoms. The molecular weight excluding hydrogens is 392 g/mol. The van der Waals surface area contributed by atoms with E-state index in [4.69, 9.17) is 0 Å². The molecule has 5 nitrogen and oxygen atoms in total. The van der Waals surface area contributed by atoms with Crippen LogP contribution in [-0.4, -0.2) is 45.0 Å². The first kappa shape index (κ1) is 20.9. The first-order chi connectivity index (χ1) is 13.2.